The maximum Gasteiger partial charge on any atom is 0.329 e. The molecule has 0 saturated heterocycles. The van der Waals surface area contributed by atoms with E-state index in [1.807, 2.05) is 17.5 Å². The summed E-state index contributed by atoms with van der Waals surface area (Å²) >= 11 is 2.99. The number of hydrogen-bond acceptors (Lipinski definition) is 4. The Bertz CT molecular complexity index is 596. The third kappa shape index (κ3) is 1.72. The van der Waals surface area contributed by atoms with Crippen LogP contribution in [0, 0.1) is 0 Å². The summed E-state index contributed by atoms with van der Waals surface area (Å²) in [6.07, 6.45) is 1.90. The van der Waals surface area contributed by atoms with Crippen molar-refractivity contribution < 1.29 is 14.7 Å². The highest BCUT2D eigenvalue weighted by atomic mass is 32.1. The van der Waals surface area contributed by atoms with Gasteiger partial charge in [-0.15, -0.1) is 22.7 Å². The smallest absolute Gasteiger partial charge is 0.329 e. The summed E-state index contributed by atoms with van der Waals surface area (Å²) < 4.78 is 2.14. The molecule has 0 aromatic carbocycles. The first kappa shape index (κ1) is 11.7. The molecular formula is C12H11NO3S2. The standard InChI is InChI=1S/C12H11NO3S2/c14-10(13-12(11(15)16)3-1-4-12)9-6-8-7(18-9)2-5-17-8/h2,5-6H,1,3-4H2,(H,13,14)(H,15,16). The maximum absolute atomic E-state index is 12.1. The number of fused-ring (bicyclic) bond motifs is 1. The molecule has 1 aliphatic carbocycles. The first-order valence-electron chi connectivity index (χ1n) is 5.64. The van der Waals surface area contributed by atoms with Crippen molar-refractivity contribution in [1.29, 1.82) is 0 Å². The zero-order valence-electron chi connectivity index (χ0n) is 9.43. The molecule has 0 radical (unpaired) electrons. The molecule has 0 aliphatic heterocycles. The normalized spacial score (nSPS) is 17.3. The fourth-order valence-corrected chi connectivity index (χ4v) is 4.08. The summed E-state index contributed by atoms with van der Waals surface area (Å²) in [6.45, 7) is 0. The van der Waals surface area contributed by atoms with Crippen LogP contribution in [0.25, 0.3) is 9.40 Å². The lowest BCUT2D eigenvalue weighted by Crippen LogP contribution is -2.59. The average Bonchev–Trinajstić information content (AvgIpc) is 2.81. The van der Waals surface area contributed by atoms with E-state index in [4.69, 9.17) is 0 Å². The molecule has 1 amide bonds. The van der Waals surface area contributed by atoms with Crippen LogP contribution in [0.3, 0.4) is 0 Å². The van der Waals surface area contributed by atoms with E-state index in [1.54, 1.807) is 11.3 Å². The van der Waals surface area contributed by atoms with E-state index in [-0.39, 0.29) is 5.91 Å². The van der Waals surface area contributed by atoms with Gasteiger partial charge in [0.15, 0.2) is 0 Å². The number of carbonyl (C=O) groups excluding carboxylic acids is 1. The van der Waals surface area contributed by atoms with Crippen molar-refractivity contribution in [2.75, 3.05) is 0 Å². The molecule has 0 unspecified atom stereocenters. The van der Waals surface area contributed by atoms with E-state index < -0.39 is 11.5 Å². The quantitative estimate of drug-likeness (QED) is 0.909. The van der Waals surface area contributed by atoms with Crippen LogP contribution in [0.4, 0.5) is 0 Å². The van der Waals surface area contributed by atoms with Gasteiger partial charge in [0, 0.05) is 9.40 Å². The summed E-state index contributed by atoms with van der Waals surface area (Å²) in [5, 5.41) is 13.8. The Morgan fingerprint density at radius 1 is 1.33 bits per heavy atom. The summed E-state index contributed by atoms with van der Waals surface area (Å²) in [6, 6.07) is 3.80. The van der Waals surface area contributed by atoms with Crippen molar-refractivity contribution in [2.24, 2.45) is 0 Å². The van der Waals surface area contributed by atoms with Gasteiger partial charge in [-0.2, -0.15) is 0 Å². The zero-order chi connectivity index (χ0) is 12.8. The first-order valence-corrected chi connectivity index (χ1v) is 7.33. The molecule has 0 bridgehead atoms. The molecule has 2 aromatic rings. The monoisotopic (exact) mass is 281 g/mol. The molecule has 2 N–H and O–H groups in total. The number of amides is 1. The SMILES string of the molecule is O=C(NC1(C(=O)O)CCC1)c1cc2sccc2s1. The predicted molar refractivity (Wildman–Crippen MR) is 71.4 cm³/mol. The third-order valence-electron chi connectivity index (χ3n) is 3.33. The summed E-state index contributed by atoms with van der Waals surface area (Å²) in [5.74, 6) is -1.20. The third-order valence-corrected chi connectivity index (χ3v) is 5.42. The van der Waals surface area contributed by atoms with Gasteiger partial charge in [0.1, 0.15) is 5.54 Å². The average molecular weight is 281 g/mol. The Balaban J connectivity index is 1.83. The first-order chi connectivity index (χ1) is 8.61. The summed E-state index contributed by atoms with van der Waals surface area (Å²) in [7, 11) is 0. The molecule has 2 heterocycles. The number of rotatable bonds is 3. The van der Waals surface area contributed by atoms with Crippen LogP contribution in [0.2, 0.25) is 0 Å². The Morgan fingerprint density at radius 2 is 2.11 bits per heavy atom. The van der Waals surface area contributed by atoms with E-state index >= 15 is 0 Å². The second kappa shape index (κ2) is 4.07. The van der Waals surface area contributed by atoms with Gasteiger partial charge in [-0.25, -0.2) is 4.79 Å². The lowest BCUT2D eigenvalue weighted by Gasteiger charge is -2.38. The topological polar surface area (TPSA) is 66.4 Å². The molecule has 3 rings (SSSR count). The van der Waals surface area contributed by atoms with E-state index in [2.05, 4.69) is 5.32 Å². The minimum atomic E-state index is -1.03. The van der Waals surface area contributed by atoms with Crippen LogP contribution in [0.5, 0.6) is 0 Å². The molecule has 94 valence electrons. The van der Waals surface area contributed by atoms with Crippen molar-refractivity contribution >= 4 is 43.9 Å². The minimum absolute atomic E-state index is 0.273. The Hall–Kier alpha value is -1.40. The van der Waals surface area contributed by atoms with Crippen LogP contribution in [-0.2, 0) is 4.79 Å². The van der Waals surface area contributed by atoms with Crippen molar-refractivity contribution in [3.8, 4) is 0 Å². The van der Waals surface area contributed by atoms with E-state index in [9.17, 15) is 14.7 Å². The second-order valence-corrected chi connectivity index (χ2v) is 6.49. The van der Waals surface area contributed by atoms with E-state index in [0.717, 1.165) is 15.8 Å². The fraction of sp³-hybridized carbons (Fsp3) is 0.333. The van der Waals surface area contributed by atoms with Gasteiger partial charge in [0.05, 0.1) is 4.88 Å². The van der Waals surface area contributed by atoms with Gasteiger partial charge >= 0.3 is 5.97 Å². The van der Waals surface area contributed by atoms with Gasteiger partial charge in [0.2, 0.25) is 0 Å². The number of nitrogens with one attached hydrogen (secondary N) is 1. The van der Waals surface area contributed by atoms with Gasteiger partial charge < -0.3 is 10.4 Å². The molecule has 0 atom stereocenters. The van der Waals surface area contributed by atoms with Crippen LogP contribution in [0.1, 0.15) is 28.9 Å². The largest absolute Gasteiger partial charge is 0.480 e. The highest BCUT2D eigenvalue weighted by Crippen LogP contribution is 2.34. The molecule has 18 heavy (non-hydrogen) atoms. The number of carboxylic acid groups (broad SMARTS) is 1. The molecule has 1 aliphatic rings. The van der Waals surface area contributed by atoms with Crippen LogP contribution in [-0.4, -0.2) is 22.5 Å². The highest BCUT2D eigenvalue weighted by Gasteiger charge is 2.45. The van der Waals surface area contributed by atoms with Crippen LogP contribution < -0.4 is 5.32 Å². The number of hydrogen-bond donors (Lipinski definition) is 2. The van der Waals surface area contributed by atoms with Gasteiger partial charge in [-0.05, 0) is 36.8 Å². The summed E-state index contributed by atoms with van der Waals surface area (Å²) in [4.78, 5) is 23.8. The zero-order valence-corrected chi connectivity index (χ0v) is 11.1. The van der Waals surface area contributed by atoms with Crippen molar-refractivity contribution in [3.05, 3.63) is 22.4 Å². The van der Waals surface area contributed by atoms with Crippen LogP contribution >= 0.6 is 22.7 Å². The molecule has 4 nitrogen and oxygen atoms in total. The lowest BCUT2D eigenvalue weighted by molar-refractivity contribution is -0.148. The Morgan fingerprint density at radius 3 is 2.67 bits per heavy atom. The predicted octanol–water partition coefficient (Wildman–Crippen LogP) is 2.70. The molecule has 1 fully saturated rings. The minimum Gasteiger partial charge on any atom is -0.480 e. The summed E-state index contributed by atoms with van der Waals surface area (Å²) in [5.41, 5.74) is -1.03. The van der Waals surface area contributed by atoms with Crippen molar-refractivity contribution in [3.63, 3.8) is 0 Å². The molecule has 6 heteroatoms. The van der Waals surface area contributed by atoms with Crippen LogP contribution in [0.15, 0.2) is 17.5 Å². The number of thiophene rings is 2. The molecular weight excluding hydrogens is 270 g/mol. The number of aliphatic carboxylic acids is 1. The fourth-order valence-electron chi connectivity index (χ4n) is 2.08. The molecule has 1 saturated carbocycles. The van der Waals surface area contributed by atoms with Gasteiger partial charge in [0.25, 0.3) is 5.91 Å². The lowest BCUT2D eigenvalue weighted by atomic mass is 9.77. The van der Waals surface area contributed by atoms with E-state index in [1.165, 1.54) is 11.3 Å². The maximum atomic E-state index is 12.1. The van der Waals surface area contributed by atoms with Gasteiger partial charge in [-0.1, -0.05) is 0 Å². The number of carbonyl (C=O) groups is 2. The Kier molecular flexibility index (Phi) is 2.64. The molecule has 0 spiro atoms. The Labute approximate surface area is 111 Å². The van der Waals surface area contributed by atoms with Crippen molar-refractivity contribution in [2.45, 2.75) is 24.8 Å². The number of carboxylic acids is 1. The van der Waals surface area contributed by atoms with E-state index in [0.29, 0.717) is 17.7 Å². The van der Waals surface area contributed by atoms with Crippen molar-refractivity contribution in [1.82, 2.24) is 5.32 Å². The second-order valence-electron chi connectivity index (χ2n) is 4.45. The van der Waals surface area contributed by atoms with Gasteiger partial charge in [-0.3, -0.25) is 4.79 Å². The highest BCUT2D eigenvalue weighted by molar-refractivity contribution is 7.27. The molecule has 2 aromatic heterocycles.